The monoisotopic (exact) mass is 466 g/mol. The fourth-order valence-corrected chi connectivity index (χ4v) is 4.91. The van der Waals surface area contributed by atoms with Crippen LogP contribution in [0.25, 0.3) is 5.69 Å². The molecule has 2 aliphatic carbocycles. The second-order valence-corrected chi connectivity index (χ2v) is 9.71. The van der Waals surface area contributed by atoms with Crippen LogP contribution in [0.1, 0.15) is 84.5 Å². The molecule has 2 aliphatic rings. The maximum absolute atomic E-state index is 15.0. The molecule has 33 heavy (non-hydrogen) atoms. The summed E-state index contributed by atoms with van der Waals surface area (Å²) >= 11 is 0. The minimum atomic E-state index is -4.85. The molecule has 0 saturated heterocycles. The van der Waals surface area contributed by atoms with E-state index in [0.717, 1.165) is 42.9 Å². The minimum Gasteiger partial charge on any atom is -0.382 e. The van der Waals surface area contributed by atoms with Crippen LogP contribution < -0.4 is 11.1 Å². The molecular formula is C23H26F4N4O2. The Bertz CT molecular complexity index is 1110. The van der Waals surface area contributed by atoms with E-state index in [-0.39, 0.29) is 41.5 Å². The maximum Gasteiger partial charge on any atom is 0.435 e. The number of anilines is 1. The Morgan fingerprint density at radius 3 is 2.45 bits per heavy atom. The van der Waals surface area contributed by atoms with Crippen LogP contribution in [0.4, 0.5) is 23.2 Å². The highest BCUT2D eigenvalue weighted by atomic mass is 19.4. The largest absolute Gasteiger partial charge is 0.435 e. The molecule has 4 rings (SSSR count). The summed E-state index contributed by atoms with van der Waals surface area (Å²) in [6.07, 6.45) is -0.0562. The highest BCUT2D eigenvalue weighted by Gasteiger charge is 2.45. The number of carbonyl (C=O) groups excluding carboxylic acids is 2. The van der Waals surface area contributed by atoms with Crippen molar-refractivity contribution >= 4 is 17.4 Å². The molecule has 1 aromatic heterocycles. The van der Waals surface area contributed by atoms with Crippen molar-refractivity contribution in [3.8, 4) is 5.69 Å². The number of Topliss-reactive ketones (excluding diaryl/α,β-unsaturated/α-hetero) is 1. The van der Waals surface area contributed by atoms with Crippen LogP contribution in [-0.4, -0.2) is 27.5 Å². The number of fused-ring (bicyclic) bond motifs is 1. The van der Waals surface area contributed by atoms with Gasteiger partial charge >= 0.3 is 6.18 Å². The number of carbonyl (C=O) groups is 2. The molecule has 1 amide bonds. The van der Waals surface area contributed by atoms with Gasteiger partial charge in [0.2, 0.25) is 0 Å². The SMILES string of the molecule is CC1(C)CC(=O)c2c(C(F)(F)F)nn(-c3cc(F)c(C(N)=O)c(NC4CCCCC4)c3)c2C1. The Kier molecular flexibility index (Phi) is 5.74. The summed E-state index contributed by atoms with van der Waals surface area (Å²) in [5.74, 6) is -2.58. The molecule has 2 aromatic rings. The van der Waals surface area contributed by atoms with Crippen molar-refractivity contribution in [2.75, 3.05) is 5.32 Å². The van der Waals surface area contributed by atoms with Crippen LogP contribution >= 0.6 is 0 Å². The van der Waals surface area contributed by atoms with Gasteiger partial charge in [-0.15, -0.1) is 0 Å². The summed E-state index contributed by atoms with van der Waals surface area (Å²) in [6.45, 7) is 3.57. The second kappa shape index (κ2) is 8.14. The second-order valence-electron chi connectivity index (χ2n) is 9.71. The van der Waals surface area contributed by atoms with Gasteiger partial charge in [0.05, 0.1) is 28.2 Å². The Morgan fingerprint density at radius 1 is 1.18 bits per heavy atom. The molecule has 0 atom stereocenters. The van der Waals surface area contributed by atoms with Crippen molar-refractivity contribution < 1.29 is 27.2 Å². The van der Waals surface area contributed by atoms with Gasteiger partial charge < -0.3 is 11.1 Å². The summed E-state index contributed by atoms with van der Waals surface area (Å²) in [6, 6.07) is 2.31. The lowest BCUT2D eigenvalue weighted by atomic mass is 9.75. The van der Waals surface area contributed by atoms with Gasteiger partial charge in [-0.25, -0.2) is 9.07 Å². The predicted molar refractivity (Wildman–Crippen MR) is 114 cm³/mol. The molecule has 1 fully saturated rings. The summed E-state index contributed by atoms with van der Waals surface area (Å²) in [5, 5.41) is 6.87. The lowest BCUT2D eigenvalue weighted by Crippen LogP contribution is -2.29. The van der Waals surface area contributed by atoms with E-state index in [0.29, 0.717) is 0 Å². The Labute approximate surface area is 188 Å². The van der Waals surface area contributed by atoms with Gasteiger partial charge in [-0.2, -0.15) is 18.3 Å². The fraction of sp³-hybridized carbons (Fsp3) is 0.522. The number of hydrogen-bond acceptors (Lipinski definition) is 4. The van der Waals surface area contributed by atoms with Crippen molar-refractivity contribution in [1.82, 2.24) is 9.78 Å². The van der Waals surface area contributed by atoms with Gasteiger partial charge in [0.25, 0.3) is 5.91 Å². The smallest absolute Gasteiger partial charge is 0.382 e. The number of benzene rings is 1. The number of hydrogen-bond donors (Lipinski definition) is 2. The molecule has 0 aliphatic heterocycles. The average Bonchev–Trinajstić information content (AvgIpc) is 3.07. The fourth-order valence-electron chi connectivity index (χ4n) is 4.91. The Hall–Kier alpha value is -2.91. The quantitative estimate of drug-likeness (QED) is 0.619. The number of halogens is 4. The summed E-state index contributed by atoms with van der Waals surface area (Å²) in [4.78, 5) is 24.6. The number of amides is 1. The minimum absolute atomic E-state index is 0.00643. The lowest BCUT2D eigenvalue weighted by molar-refractivity contribution is -0.141. The van der Waals surface area contributed by atoms with Gasteiger partial charge in [-0.05, 0) is 30.7 Å². The third-order valence-corrected chi connectivity index (χ3v) is 6.34. The third kappa shape index (κ3) is 4.47. The van der Waals surface area contributed by atoms with Gasteiger partial charge in [0.1, 0.15) is 5.82 Å². The molecule has 178 valence electrons. The van der Waals surface area contributed by atoms with E-state index in [2.05, 4.69) is 10.4 Å². The summed E-state index contributed by atoms with van der Waals surface area (Å²) in [7, 11) is 0. The number of rotatable bonds is 4. The van der Waals surface area contributed by atoms with Crippen LogP contribution in [0, 0.1) is 11.2 Å². The van der Waals surface area contributed by atoms with E-state index in [1.54, 1.807) is 13.8 Å². The first-order valence-corrected chi connectivity index (χ1v) is 11.0. The first-order valence-electron chi connectivity index (χ1n) is 11.0. The van der Waals surface area contributed by atoms with Crippen LogP contribution in [0.15, 0.2) is 12.1 Å². The number of ketones is 1. The van der Waals surface area contributed by atoms with Gasteiger partial charge in [-0.3, -0.25) is 9.59 Å². The maximum atomic E-state index is 15.0. The Morgan fingerprint density at radius 2 is 1.85 bits per heavy atom. The molecule has 0 unspecified atom stereocenters. The molecule has 0 spiro atoms. The summed E-state index contributed by atoms with van der Waals surface area (Å²) in [5.41, 5.74) is 2.91. The van der Waals surface area contributed by atoms with Crippen molar-refractivity contribution in [3.05, 3.63) is 40.5 Å². The standard InChI is InChI=1S/C23H26F4N4O2/c1-22(2)10-16-19(17(32)11-22)20(23(25,26)27)30-31(16)13-8-14(24)18(21(28)33)15(9-13)29-12-6-4-3-5-7-12/h8-9,12,29H,3-7,10-11H2,1-2H3,(H2,28,33). The van der Waals surface area contributed by atoms with Crippen LogP contribution in [-0.2, 0) is 12.6 Å². The zero-order valence-corrected chi connectivity index (χ0v) is 18.5. The number of nitrogens with zero attached hydrogens (tertiary/aromatic N) is 2. The molecule has 10 heteroatoms. The molecule has 1 aromatic carbocycles. The van der Waals surface area contributed by atoms with Crippen molar-refractivity contribution in [1.29, 1.82) is 0 Å². The molecule has 6 nitrogen and oxygen atoms in total. The molecule has 0 bridgehead atoms. The third-order valence-electron chi connectivity index (χ3n) is 6.34. The first kappa shape index (κ1) is 23.3. The number of aromatic nitrogens is 2. The molecule has 0 radical (unpaired) electrons. The van der Waals surface area contributed by atoms with E-state index in [4.69, 9.17) is 5.73 Å². The van der Waals surface area contributed by atoms with E-state index < -0.39 is 40.4 Å². The first-order chi connectivity index (χ1) is 15.4. The normalized spacial score (nSPS) is 18.8. The average molecular weight is 466 g/mol. The predicted octanol–water partition coefficient (Wildman–Crippen LogP) is 5.03. The number of alkyl halides is 3. The molecule has 3 N–H and O–H groups in total. The molecule has 1 saturated carbocycles. The number of primary amides is 1. The van der Waals surface area contributed by atoms with E-state index >= 15 is 4.39 Å². The van der Waals surface area contributed by atoms with Crippen molar-refractivity contribution in [2.24, 2.45) is 11.1 Å². The van der Waals surface area contributed by atoms with Gasteiger partial charge in [0, 0.05) is 18.5 Å². The highest BCUT2D eigenvalue weighted by Crippen LogP contribution is 2.42. The molecule has 1 heterocycles. The molecular weight excluding hydrogens is 440 g/mol. The van der Waals surface area contributed by atoms with Crippen LogP contribution in [0.5, 0.6) is 0 Å². The van der Waals surface area contributed by atoms with E-state index in [1.165, 1.54) is 6.07 Å². The number of nitrogens with one attached hydrogen (secondary N) is 1. The highest BCUT2D eigenvalue weighted by molar-refractivity contribution is 6.01. The van der Waals surface area contributed by atoms with Crippen LogP contribution in [0.3, 0.4) is 0 Å². The lowest BCUT2D eigenvalue weighted by Gasteiger charge is -2.29. The topological polar surface area (TPSA) is 90.0 Å². The van der Waals surface area contributed by atoms with Crippen molar-refractivity contribution in [2.45, 2.75) is 71.0 Å². The zero-order valence-electron chi connectivity index (χ0n) is 18.5. The zero-order chi connectivity index (χ0) is 24.1. The van der Waals surface area contributed by atoms with Crippen LogP contribution in [0.2, 0.25) is 0 Å². The number of nitrogens with two attached hydrogens (primary N) is 1. The van der Waals surface area contributed by atoms with E-state index in [1.807, 2.05) is 0 Å². The van der Waals surface area contributed by atoms with Gasteiger partial charge in [-0.1, -0.05) is 33.1 Å². The van der Waals surface area contributed by atoms with Gasteiger partial charge in [0.15, 0.2) is 11.5 Å². The summed E-state index contributed by atoms with van der Waals surface area (Å²) < 4.78 is 57.2. The Balaban J connectivity index is 1.88. The van der Waals surface area contributed by atoms with Crippen molar-refractivity contribution in [3.63, 3.8) is 0 Å². The van der Waals surface area contributed by atoms with E-state index in [9.17, 15) is 22.8 Å².